The van der Waals surface area contributed by atoms with Crippen molar-refractivity contribution < 1.29 is 9.18 Å². The largest absolute Gasteiger partial charge is 0.319 e. The Hall–Kier alpha value is -2.94. The van der Waals surface area contributed by atoms with Gasteiger partial charge in [0.05, 0.1) is 5.69 Å². The van der Waals surface area contributed by atoms with E-state index in [2.05, 4.69) is 5.32 Å². The van der Waals surface area contributed by atoms with Crippen molar-refractivity contribution in [1.82, 2.24) is 0 Å². The molecule has 0 spiro atoms. The summed E-state index contributed by atoms with van der Waals surface area (Å²) in [6.07, 6.45) is 0. The van der Waals surface area contributed by atoms with Gasteiger partial charge in [0, 0.05) is 5.56 Å². The van der Waals surface area contributed by atoms with E-state index in [0.29, 0.717) is 5.56 Å². The smallest absolute Gasteiger partial charge is 0.256 e. The number of halogens is 1. The highest BCUT2D eigenvalue weighted by Crippen LogP contribution is 2.25. The van der Waals surface area contributed by atoms with Crippen LogP contribution in [0.1, 0.15) is 15.9 Å². The lowest BCUT2D eigenvalue weighted by molar-refractivity contribution is 0.102. The van der Waals surface area contributed by atoms with Gasteiger partial charge in [-0.25, -0.2) is 4.39 Å². The summed E-state index contributed by atoms with van der Waals surface area (Å²) in [4.78, 5) is 12.6. The molecule has 0 heterocycles. The lowest BCUT2D eigenvalue weighted by Gasteiger charge is -2.11. The summed E-state index contributed by atoms with van der Waals surface area (Å²) >= 11 is 0. The van der Waals surface area contributed by atoms with Gasteiger partial charge in [0.2, 0.25) is 0 Å². The molecule has 0 unspecified atom stereocenters. The molecule has 1 amide bonds. The van der Waals surface area contributed by atoms with Crippen molar-refractivity contribution in [3.05, 3.63) is 89.7 Å². The number of carbonyl (C=O) groups excluding carboxylic acids is 1. The van der Waals surface area contributed by atoms with Gasteiger partial charge >= 0.3 is 0 Å². The minimum atomic E-state index is -0.435. The fraction of sp³-hybridized carbons (Fsp3) is 0.0500. The van der Waals surface area contributed by atoms with Gasteiger partial charge < -0.3 is 5.32 Å². The van der Waals surface area contributed by atoms with E-state index in [1.807, 2.05) is 42.5 Å². The van der Waals surface area contributed by atoms with E-state index in [-0.39, 0.29) is 11.6 Å². The summed E-state index contributed by atoms with van der Waals surface area (Å²) in [5.74, 6) is -0.761. The summed E-state index contributed by atoms with van der Waals surface area (Å²) in [5, 5.41) is 2.65. The van der Waals surface area contributed by atoms with Gasteiger partial charge in [0.1, 0.15) is 5.82 Å². The predicted octanol–water partition coefficient (Wildman–Crippen LogP) is 5.05. The third kappa shape index (κ3) is 3.29. The molecular formula is C20H16FNO. The second-order valence-corrected chi connectivity index (χ2v) is 5.35. The Balaban J connectivity index is 1.94. The van der Waals surface area contributed by atoms with Crippen LogP contribution in [0, 0.1) is 12.7 Å². The molecule has 114 valence electrons. The van der Waals surface area contributed by atoms with Crippen LogP contribution >= 0.6 is 0 Å². The summed E-state index contributed by atoms with van der Waals surface area (Å²) in [6, 6.07) is 21.7. The van der Waals surface area contributed by atoms with E-state index >= 15 is 0 Å². The Bertz CT molecular complexity index is 843. The average molecular weight is 305 g/mol. The molecule has 3 rings (SSSR count). The number of rotatable bonds is 3. The predicted molar refractivity (Wildman–Crippen MR) is 91.0 cm³/mol. The van der Waals surface area contributed by atoms with Gasteiger partial charge in [-0.2, -0.15) is 0 Å². The van der Waals surface area contributed by atoms with Crippen molar-refractivity contribution >= 4 is 11.6 Å². The zero-order valence-electron chi connectivity index (χ0n) is 12.7. The van der Waals surface area contributed by atoms with Crippen LogP contribution < -0.4 is 5.32 Å². The highest BCUT2D eigenvalue weighted by atomic mass is 19.1. The van der Waals surface area contributed by atoms with Crippen LogP contribution in [-0.4, -0.2) is 5.91 Å². The molecule has 0 fully saturated rings. The molecular weight excluding hydrogens is 289 g/mol. The summed E-state index contributed by atoms with van der Waals surface area (Å²) < 4.78 is 13.9. The van der Waals surface area contributed by atoms with E-state index in [0.717, 1.165) is 16.7 Å². The molecule has 0 aliphatic carbocycles. The van der Waals surface area contributed by atoms with Gasteiger partial charge in [0.15, 0.2) is 0 Å². The Morgan fingerprint density at radius 3 is 2.35 bits per heavy atom. The van der Waals surface area contributed by atoms with Crippen molar-refractivity contribution in [2.75, 3.05) is 5.32 Å². The molecule has 3 aromatic carbocycles. The monoisotopic (exact) mass is 305 g/mol. The van der Waals surface area contributed by atoms with Crippen LogP contribution in [0.4, 0.5) is 10.1 Å². The van der Waals surface area contributed by atoms with Gasteiger partial charge in [-0.3, -0.25) is 4.79 Å². The number of hydrogen-bond acceptors (Lipinski definition) is 1. The quantitative estimate of drug-likeness (QED) is 0.720. The maximum atomic E-state index is 13.9. The minimum absolute atomic E-state index is 0.184. The highest BCUT2D eigenvalue weighted by Gasteiger charge is 2.14. The zero-order valence-corrected chi connectivity index (χ0v) is 12.7. The normalized spacial score (nSPS) is 10.3. The second-order valence-electron chi connectivity index (χ2n) is 5.35. The maximum Gasteiger partial charge on any atom is 0.256 e. The Morgan fingerprint density at radius 2 is 1.61 bits per heavy atom. The van der Waals surface area contributed by atoms with Crippen LogP contribution in [0.25, 0.3) is 11.1 Å². The Kier molecular flexibility index (Phi) is 4.20. The summed E-state index contributed by atoms with van der Waals surface area (Å²) in [5.41, 5.74) is 3.27. The van der Waals surface area contributed by atoms with Crippen LogP contribution in [-0.2, 0) is 0 Å². The number of carbonyl (C=O) groups is 1. The van der Waals surface area contributed by atoms with Crippen LogP contribution in [0.2, 0.25) is 0 Å². The Morgan fingerprint density at radius 1 is 0.913 bits per heavy atom. The molecule has 3 aromatic rings. The summed E-state index contributed by atoms with van der Waals surface area (Å²) in [7, 11) is 0. The molecule has 0 bridgehead atoms. The molecule has 23 heavy (non-hydrogen) atoms. The van der Waals surface area contributed by atoms with Crippen molar-refractivity contribution in [2.24, 2.45) is 0 Å². The van der Waals surface area contributed by atoms with Gasteiger partial charge in [-0.05, 0) is 41.8 Å². The molecule has 0 aliphatic rings. The standard InChI is InChI=1S/C20H16FNO/c1-14-11-12-19(18(21)13-14)22-20(23)17-10-6-5-9-16(17)15-7-3-2-4-8-15/h2-13H,1H3,(H,22,23). The molecule has 0 radical (unpaired) electrons. The maximum absolute atomic E-state index is 13.9. The van der Waals surface area contributed by atoms with E-state index in [9.17, 15) is 9.18 Å². The molecule has 1 N–H and O–H groups in total. The number of hydrogen-bond donors (Lipinski definition) is 1. The SMILES string of the molecule is Cc1ccc(NC(=O)c2ccccc2-c2ccccc2)c(F)c1. The van der Waals surface area contributed by atoms with Crippen molar-refractivity contribution in [3.8, 4) is 11.1 Å². The first kappa shape index (κ1) is 15.0. The number of aryl methyl sites for hydroxylation is 1. The van der Waals surface area contributed by atoms with Crippen LogP contribution in [0.5, 0.6) is 0 Å². The molecule has 2 nitrogen and oxygen atoms in total. The van der Waals surface area contributed by atoms with Gasteiger partial charge in [0.25, 0.3) is 5.91 Å². The van der Waals surface area contributed by atoms with Crippen molar-refractivity contribution in [2.45, 2.75) is 6.92 Å². The van der Waals surface area contributed by atoms with Crippen molar-refractivity contribution in [3.63, 3.8) is 0 Å². The van der Waals surface area contributed by atoms with E-state index in [1.165, 1.54) is 6.07 Å². The lowest BCUT2D eigenvalue weighted by atomic mass is 9.99. The number of nitrogens with one attached hydrogen (secondary N) is 1. The highest BCUT2D eigenvalue weighted by molar-refractivity contribution is 6.08. The first-order valence-corrected chi connectivity index (χ1v) is 7.37. The van der Waals surface area contributed by atoms with Crippen LogP contribution in [0.3, 0.4) is 0 Å². The average Bonchev–Trinajstić information content (AvgIpc) is 2.58. The molecule has 0 aliphatic heterocycles. The molecule has 0 saturated carbocycles. The van der Waals surface area contributed by atoms with E-state index in [4.69, 9.17) is 0 Å². The first-order valence-electron chi connectivity index (χ1n) is 7.37. The molecule has 0 atom stereocenters. The van der Waals surface area contributed by atoms with Gasteiger partial charge in [-0.1, -0.05) is 54.6 Å². The number of anilines is 1. The number of benzene rings is 3. The second kappa shape index (κ2) is 6.44. The third-order valence-electron chi connectivity index (χ3n) is 3.63. The Labute approximate surface area is 134 Å². The topological polar surface area (TPSA) is 29.1 Å². The van der Waals surface area contributed by atoms with E-state index in [1.54, 1.807) is 31.2 Å². The van der Waals surface area contributed by atoms with Gasteiger partial charge in [-0.15, -0.1) is 0 Å². The fourth-order valence-corrected chi connectivity index (χ4v) is 2.46. The van der Waals surface area contributed by atoms with Crippen molar-refractivity contribution in [1.29, 1.82) is 0 Å². The zero-order chi connectivity index (χ0) is 16.2. The third-order valence-corrected chi connectivity index (χ3v) is 3.63. The minimum Gasteiger partial charge on any atom is -0.319 e. The molecule has 0 aromatic heterocycles. The summed E-state index contributed by atoms with van der Waals surface area (Å²) in [6.45, 7) is 1.80. The molecule has 3 heteroatoms. The lowest BCUT2D eigenvalue weighted by Crippen LogP contribution is -2.14. The molecule has 0 saturated heterocycles. The number of amides is 1. The first-order chi connectivity index (χ1) is 11.1. The van der Waals surface area contributed by atoms with Crippen LogP contribution in [0.15, 0.2) is 72.8 Å². The fourth-order valence-electron chi connectivity index (χ4n) is 2.46. The van der Waals surface area contributed by atoms with E-state index < -0.39 is 5.82 Å².